The molecule has 2 rings (SSSR count). The maximum Gasteiger partial charge on any atom is 0.0801 e. The van der Waals surface area contributed by atoms with Crippen LogP contribution in [0.5, 0.6) is 0 Å². The van der Waals surface area contributed by atoms with Gasteiger partial charge in [-0.15, -0.1) is 5.10 Å². The van der Waals surface area contributed by atoms with Crippen molar-refractivity contribution in [2.75, 3.05) is 0 Å². The molecule has 1 unspecified atom stereocenters. The second-order valence-corrected chi connectivity index (χ2v) is 4.20. The number of hydrogen-bond acceptors (Lipinski definition) is 5. The highest BCUT2D eigenvalue weighted by atomic mass is 32.1. The summed E-state index contributed by atoms with van der Waals surface area (Å²) < 4.78 is 3.97. The molecule has 0 amide bonds. The van der Waals surface area contributed by atoms with Gasteiger partial charge in [0.15, 0.2) is 0 Å². The van der Waals surface area contributed by atoms with E-state index >= 15 is 0 Å². The Balaban J connectivity index is 2.20. The largest absolute Gasteiger partial charge is 0.271 e. The van der Waals surface area contributed by atoms with Gasteiger partial charge in [0.1, 0.15) is 0 Å². The molecular weight excluding hydrogens is 184 g/mol. The van der Waals surface area contributed by atoms with E-state index in [1.807, 2.05) is 0 Å². The van der Waals surface area contributed by atoms with E-state index in [9.17, 15) is 0 Å². The van der Waals surface area contributed by atoms with E-state index in [1.165, 1.54) is 29.3 Å². The van der Waals surface area contributed by atoms with E-state index in [-0.39, 0.29) is 6.04 Å². The summed E-state index contributed by atoms with van der Waals surface area (Å²) in [6.07, 6.45) is 3.49. The first kappa shape index (κ1) is 9.05. The van der Waals surface area contributed by atoms with E-state index < -0.39 is 0 Å². The van der Waals surface area contributed by atoms with Gasteiger partial charge in [-0.2, -0.15) is 0 Å². The summed E-state index contributed by atoms with van der Waals surface area (Å²) in [4.78, 5) is 1.23. The Bertz CT molecular complexity index is 281. The number of rotatable bonds is 4. The molecule has 1 aliphatic rings. The Morgan fingerprint density at radius 2 is 2.46 bits per heavy atom. The van der Waals surface area contributed by atoms with Gasteiger partial charge in [0.05, 0.1) is 16.6 Å². The molecule has 13 heavy (non-hydrogen) atoms. The zero-order valence-corrected chi connectivity index (χ0v) is 8.47. The van der Waals surface area contributed by atoms with E-state index in [2.05, 4.69) is 21.9 Å². The number of nitrogens with one attached hydrogen (secondary N) is 1. The first-order valence-electron chi connectivity index (χ1n) is 4.64. The molecule has 1 aromatic heterocycles. The fourth-order valence-corrected chi connectivity index (χ4v) is 2.44. The minimum atomic E-state index is 0.287. The molecule has 1 saturated carbocycles. The number of nitrogens with zero attached hydrogens (tertiary/aromatic N) is 2. The Morgan fingerprint density at radius 1 is 1.69 bits per heavy atom. The average molecular weight is 198 g/mol. The number of hydrogen-bond donors (Lipinski definition) is 2. The highest BCUT2D eigenvalue weighted by molar-refractivity contribution is 7.05. The van der Waals surface area contributed by atoms with E-state index in [0.29, 0.717) is 5.92 Å². The zero-order chi connectivity index (χ0) is 9.26. The smallest absolute Gasteiger partial charge is 0.0801 e. The third kappa shape index (κ3) is 1.72. The zero-order valence-electron chi connectivity index (χ0n) is 7.66. The number of aromatic nitrogens is 2. The summed E-state index contributed by atoms with van der Waals surface area (Å²) in [6, 6.07) is 0.287. The summed E-state index contributed by atoms with van der Waals surface area (Å²) in [5, 5.41) is 4.09. The molecule has 1 heterocycles. The van der Waals surface area contributed by atoms with Crippen molar-refractivity contribution in [3.05, 3.63) is 10.6 Å². The summed E-state index contributed by atoms with van der Waals surface area (Å²) in [7, 11) is 0. The molecule has 72 valence electrons. The predicted octanol–water partition coefficient (Wildman–Crippen LogP) is 1.01. The molecule has 0 spiro atoms. The molecular formula is C8H14N4S. The summed E-state index contributed by atoms with van der Waals surface area (Å²) in [5.74, 6) is 6.24. The Labute approximate surface area is 81.7 Å². The second-order valence-electron chi connectivity index (χ2n) is 3.42. The van der Waals surface area contributed by atoms with Crippen LogP contribution < -0.4 is 11.3 Å². The van der Waals surface area contributed by atoms with Crippen molar-refractivity contribution in [3.63, 3.8) is 0 Å². The maximum absolute atomic E-state index is 5.53. The molecule has 0 saturated heterocycles. The van der Waals surface area contributed by atoms with Gasteiger partial charge >= 0.3 is 0 Å². The molecule has 3 N–H and O–H groups in total. The van der Waals surface area contributed by atoms with E-state index in [0.717, 1.165) is 12.1 Å². The molecule has 4 nitrogen and oxygen atoms in total. The normalized spacial score (nSPS) is 18.9. The van der Waals surface area contributed by atoms with Crippen LogP contribution in [0.3, 0.4) is 0 Å². The lowest BCUT2D eigenvalue weighted by molar-refractivity contribution is 0.500. The van der Waals surface area contributed by atoms with Crippen LogP contribution in [0, 0.1) is 5.92 Å². The molecule has 1 atom stereocenters. The van der Waals surface area contributed by atoms with Gasteiger partial charge in [0.2, 0.25) is 0 Å². The summed E-state index contributed by atoms with van der Waals surface area (Å²) >= 11 is 1.47. The van der Waals surface area contributed by atoms with Crippen molar-refractivity contribution in [1.29, 1.82) is 0 Å². The lowest BCUT2D eigenvalue weighted by Gasteiger charge is -2.12. The number of aryl methyl sites for hydroxylation is 1. The first-order valence-corrected chi connectivity index (χ1v) is 5.41. The summed E-state index contributed by atoms with van der Waals surface area (Å²) in [5.41, 5.74) is 3.97. The molecule has 1 aromatic rings. The van der Waals surface area contributed by atoms with Crippen LogP contribution in [0.15, 0.2) is 0 Å². The van der Waals surface area contributed by atoms with Gasteiger partial charge in [-0.3, -0.25) is 11.3 Å². The average Bonchev–Trinajstić information content (AvgIpc) is 2.86. The first-order chi connectivity index (χ1) is 6.36. The lowest BCUT2D eigenvalue weighted by atomic mass is 10.1. The topological polar surface area (TPSA) is 63.8 Å². The van der Waals surface area contributed by atoms with Crippen LogP contribution in [0.1, 0.15) is 36.4 Å². The van der Waals surface area contributed by atoms with Crippen LogP contribution in [-0.2, 0) is 6.42 Å². The molecule has 5 heteroatoms. The fraction of sp³-hybridized carbons (Fsp3) is 0.750. The van der Waals surface area contributed by atoms with Gasteiger partial charge in [-0.25, -0.2) is 0 Å². The minimum absolute atomic E-state index is 0.287. The molecule has 0 radical (unpaired) electrons. The highest BCUT2D eigenvalue weighted by Crippen LogP contribution is 2.42. The SMILES string of the molecule is CCc1nnsc1C(NN)C1CC1. The van der Waals surface area contributed by atoms with E-state index in [4.69, 9.17) is 5.84 Å². The Morgan fingerprint density at radius 3 is 3.00 bits per heavy atom. The minimum Gasteiger partial charge on any atom is -0.271 e. The van der Waals surface area contributed by atoms with Gasteiger partial charge in [-0.1, -0.05) is 11.4 Å². The Hall–Kier alpha value is -0.520. The number of nitrogens with two attached hydrogens (primary N) is 1. The van der Waals surface area contributed by atoms with Crippen LogP contribution in [0.25, 0.3) is 0 Å². The van der Waals surface area contributed by atoms with Crippen molar-refractivity contribution in [1.82, 2.24) is 15.0 Å². The third-order valence-corrected chi connectivity index (χ3v) is 3.33. The van der Waals surface area contributed by atoms with Gasteiger partial charge in [0, 0.05) is 0 Å². The quantitative estimate of drug-likeness (QED) is 0.560. The molecule has 1 aliphatic carbocycles. The second kappa shape index (κ2) is 3.69. The Kier molecular flexibility index (Phi) is 2.57. The lowest BCUT2D eigenvalue weighted by Crippen LogP contribution is -2.29. The van der Waals surface area contributed by atoms with Crippen molar-refractivity contribution in [2.45, 2.75) is 32.2 Å². The van der Waals surface area contributed by atoms with Crippen LogP contribution in [-0.4, -0.2) is 9.59 Å². The maximum atomic E-state index is 5.53. The predicted molar refractivity (Wildman–Crippen MR) is 52.1 cm³/mol. The van der Waals surface area contributed by atoms with Crippen LogP contribution in [0.4, 0.5) is 0 Å². The standard InChI is InChI=1S/C8H14N4S/c1-2-6-8(13-12-11-6)7(10-9)5-3-4-5/h5,7,10H,2-4,9H2,1H3. The molecule has 0 aromatic carbocycles. The number of hydrazine groups is 1. The van der Waals surface area contributed by atoms with E-state index in [1.54, 1.807) is 0 Å². The summed E-state index contributed by atoms with van der Waals surface area (Å²) in [6.45, 7) is 2.10. The van der Waals surface area contributed by atoms with Gasteiger partial charge in [0.25, 0.3) is 0 Å². The monoisotopic (exact) mass is 198 g/mol. The highest BCUT2D eigenvalue weighted by Gasteiger charge is 2.34. The van der Waals surface area contributed by atoms with Crippen molar-refractivity contribution < 1.29 is 0 Å². The van der Waals surface area contributed by atoms with Crippen LogP contribution >= 0.6 is 11.5 Å². The van der Waals surface area contributed by atoms with Crippen LogP contribution in [0.2, 0.25) is 0 Å². The van der Waals surface area contributed by atoms with Gasteiger partial charge < -0.3 is 0 Å². The van der Waals surface area contributed by atoms with Crippen molar-refractivity contribution in [3.8, 4) is 0 Å². The van der Waals surface area contributed by atoms with Crippen molar-refractivity contribution in [2.24, 2.45) is 11.8 Å². The molecule has 0 aliphatic heterocycles. The third-order valence-electron chi connectivity index (χ3n) is 2.48. The molecule has 0 bridgehead atoms. The fourth-order valence-electron chi connectivity index (χ4n) is 1.55. The van der Waals surface area contributed by atoms with Crippen molar-refractivity contribution >= 4 is 11.5 Å². The van der Waals surface area contributed by atoms with Gasteiger partial charge in [-0.05, 0) is 36.7 Å². The molecule has 1 fully saturated rings.